The van der Waals surface area contributed by atoms with Gasteiger partial charge in [-0.2, -0.15) is 18.3 Å². The van der Waals surface area contributed by atoms with Gasteiger partial charge in [-0.3, -0.25) is 10.00 Å². The summed E-state index contributed by atoms with van der Waals surface area (Å²) in [7, 11) is 4.06. The van der Waals surface area contributed by atoms with Gasteiger partial charge in [-0.1, -0.05) is 11.3 Å². The van der Waals surface area contributed by atoms with Crippen LogP contribution in [-0.4, -0.2) is 54.4 Å². The summed E-state index contributed by atoms with van der Waals surface area (Å²) in [6, 6.07) is 6.37. The van der Waals surface area contributed by atoms with Crippen LogP contribution < -0.4 is 0 Å². The highest BCUT2D eigenvalue weighted by atomic mass is 19.4. The monoisotopic (exact) mass is 424 g/mol. The molecule has 11 heteroatoms. The van der Waals surface area contributed by atoms with Crippen LogP contribution in [0.2, 0.25) is 0 Å². The van der Waals surface area contributed by atoms with Crippen LogP contribution in [0.5, 0.6) is 0 Å². The quantitative estimate of drug-likeness (QED) is 0.668. The number of H-pyrrole nitrogens is 1. The number of hydrogen-bond donors (Lipinski definition) is 2. The van der Waals surface area contributed by atoms with Crippen molar-refractivity contribution in [3.63, 3.8) is 0 Å². The predicted molar refractivity (Wildman–Crippen MR) is 103 cm³/mol. The van der Waals surface area contributed by atoms with E-state index in [1.54, 1.807) is 4.68 Å². The Balaban J connectivity index is 0.000000318. The van der Waals surface area contributed by atoms with Gasteiger partial charge >= 0.3 is 12.1 Å². The third kappa shape index (κ3) is 5.15. The smallest absolute Gasteiger partial charge is 0.475 e. The summed E-state index contributed by atoms with van der Waals surface area (Å²) in [5.74, 6) is -2.76. The van der Waals surface area contributed by atoms with Gasteiger partial charge in [-0.15, -0.1) is 5.10 Å². The molecular formula is C19H23F3N6O2. The number of aromatic amines is 1. The molecule has 0 saturated heterocycles. The Labute approximate surface area is 170 Å². The Hall–Kier alpha value is -2.95. The average molecular weight is 424 g/mol. The van der Waals surface area contributed by atoms with E-state index in [1.807, 2.05) is 7.05 Å². The third-order valence-electron chi connectivity index (χ3n) is 4.93. The fourth-order valence-electron chi connectivity index (χ4n) is 3.49. The van der Waals surface area contributed by atoms with E-state index in [4.69, 9.17) is 9.90 Å². The molecule has 0 bridgehead atoms. The molecule has 1 aromatic carbocycles. The van der Waals surface area contributed by atoms with Crippen molar-refractivity contribution in [2.24, 2.45) is 7.05 Å². The maximum absolute atomic E-state index is 10.6. The van der Waals surface area contributed by atoms with Gasteiger partial charge in [0.2, 0.25) is 0 Å². The second-order valence-electron chi connectivity index (χ2n) is 7.35. The number of carboxylic acid groups (broad SMARTS) is 1. The molecule has 0 atom stereocenters. The summed E-state index contributed by atoms with van der Waals surface area (Å²) in [6.45, 7) is 1.76. The van der Waals surface area contributed by atoms with E-state index in [9.17, 15) is 13.2 Å². The first-order chi connectivity index (χ1) is 14.1. The fraction of sp³-hybridized carbons (Fsp3) is 0.474. The number of alkyl halides is 3. The zero-order valence-corrected chi connectivity index (χ0v) is 16.7. The number of rotatable bonds is 4. The van der Waals surface area contributed by atoms with Gasteiger partial charge in [0.05, 0.1) is 11.2 Å². The number of carboxylic acids is 1. The molecule has 0 saturated carbocycles. The van der Waals surface area contributed by atoms with Crippen molar-refractivity contribution in [3.8, 4) is 0 Å². The lowest BCUT2D eigenvalue weighted by atomic mass is 9.96. The van der Waals surface area contributed by atoms with Crippen LogP contribution in [0.3, 0.4) is 0 Å². The van der Waals surface area contributed by atoms with Gasteiger partial charge < -0.3 is 5.11 Å². The van der Waals surface area contributed by atoms with Crippen molar-refractivity contribution in [3.05, 3.63) is 40.7 Å². The topological polar surface area (TPSA) is 99.9 Å². The Morgan fingerprint density at radius 1 is 1.27 bits per heavy atom. The molecular weight excluding hydrogens is 401 g/mol. The number of benzene rings is 1. The van der Waals surface area contributed by atoms with E-state index in [1.165, 1.54) is 41.8 Å². The minimum Gasteiger partial charge on any atom is -0.475 e. The molecule has 0 spiro atoms. The first kappa shape index (κ1) is 21.8. The summed E-state index contributed by atoms with van der Waals surface area (Å²) in [6.07, 6.45) is -0.203. The molecule has 0 aliphatic heterocycles. The second-order valence-corrected chi connectivity index (χ2v) is 7.35. The third-order valence-corrected chi connectivity index (χ3v) is 4.93. The van der Waals surface area contributed by atoms with Gasteiger partial charge in [-0.05, 0) is 56.0 Å². The lowest BCUT2D eigenvalue weighted by molar-refractivity contribution is -0.192. The number of fused-ring (bicyclic) bond motifs is 2. The van der Waals surface area contributed by atoms with E-state index in [0.717, 1.165) is 30.5 Å². The summed E-state index contributed by atoms with van der Waals surface area (Å²) in [5.41, 5.74) is 7.29. The van der Waals surface area contributed by atoms with Crippen LogP contribution >= 0.6 is 0 Å². The minimum atomic E-state index is -5.08. The van der Waals surface area contributed by atoms with Crippen molar-refractivity contribution >= 4 is 17.0 Å². The molecule has 2 aromatic heterocycles. The minimum absolute atomic E-state index is 0.879. The molecule has 0 amide bonds. The van der Waals surface area contributed by atoms with Crippen LogP contribution in [0.1, 0.15) is 35.4 Å². The highest BCUT2D eigenvalue weighted by Crippen LogP contribution is 2.23. The predicted octanol–water partition coefficient (Wildman–Crippen LogP) is 2.84. The van der Waals surface area contributed by atoms with Crippen LogP contribution in [0, 0.1) is 0 Å². The Kier molecular flexibility index (Phi) is 6.40. The number of aliphatic carboxylic acids is 1. The average Bonchev–Trinajstić information content (AvgIpc) is 3.25. The highest BCUT2D eigenvalue weighted by molar-refractivity contribution is 5.74. The lowest BCUT2D eigenvalue weighted by Gasteiger charge is -2.17. The van der Waals surface area contributed by atoms with Gasteiger partial charge in [0.1, 0.15) is 5.52 Å². The molecule has 0 fully saturated rings. The number of hydrogen-bond acceptors (Lipinski definition) is 5. The van der Waals surface area contributed by atoms with Crippen molar-refractivity contribution in [1.82, 2.24) is 30.1 Å². The lowest BCUT2D eigenvalue weighted by Crippen LogP contribution is -2.21. The molecule has 3 aromatic rings. The number of carbonyl (C=O) groups is 1. The molecule has 2 heterocycles. The molecule has 162 valence electrons. The zero-order valence-electron chi connectivity index (χ0n) is 16.7. The molecule has 1 aliphatic rings. The zero-order chi connectivity index (χ0) is 21.9. The number of halogens is 3. The van der Waals surface area contributed by atoms with Gasteiger partial charge in [0.15, 0.2) is 0 Å². The molecule has 30 heavy (non-hydrogen) atoms. The number of aryl methyl sites for hydroxylation is 2. The maximum atomic E-state index is 10.6. The molecule has 4 rings (SSSR count). The van der Waals surface area contributed by atoms with E-state index in [2.05, 4.69) is 50.7 Å². The number of nitrogens with zero attached hydrogens (tertiary/aromatic N) is 5. The van der Waals surface area contributed by atoms with Gasteiger partial charge in [0, 0.05) is 25.8 Å². The maximum Gasteiger partial charge on any atom is 0.490 e. The summed E-state index contributed by atoms with van der Waals surface area (Å²) < 4.78 is 33.5. The Morgan fingerprint density at radius 2 is 1.97 bits per heavy atom. The van der Waals surface area contributed by atoms with Crippen molar-refractivity contribution < 1.29 is 23.1 Å². The van der Waals surface area contributed by atoms with Crippen LogP contribution in [0.15, 0.2) is 18.2 Å². The van der Waals surface area contributed by atoms with Crippen LogP contribution in [-0.2, 0) is 37.8 Å². The van der Waals surface area contributed by atoms with E-state index >= 15 is 0 Å². The SMILES string of the molecule is CN(Cc1ccc2c(c1)nnn2C)Cc1n[nH]c2c1CCCC2.O=C(O)C(F)(F)F. The first-order valence-corrected chi connectivity index (χ1v) is 9.47. The van der Waals surface area contributed by atoms with Crippen molar-refractivity contribution in [1.29, 1.82) is 0 Å². The largest absolute Gasteiger partial charge is 0.490 e. The Morgan fingerprint density at radius 3 is 2.67 bits per heavy atom. The molecule has 1 aliphatic carbocycles. The van der Waals surface area contributed by atoms with Crippen LogP contribution in [0.4, 0.5) is 13.2 Å². The fourth-order valence-corrected chi connectivity index (χ4v) is 3.49. The number of nitrogens with one attached hydrogen (secondary N) is 1. The molecule has 8 nitrogen and oxygen atoms in total. The molecule has 0 radical (unpaired) electrons. The normalized spacial score (nSPS) is 13.8. The second kappa shape index (κ2) is 8.82. The summed E-state index contributed by atoms with van der Waals surface area (Å²) in [5, 5.41) is 23.2. The van der Waals surface area contributed by atoms with E-state index in [0.29, 0.717) is 0 Å². The van der Waals surface area contributed by atoms with E-state index < -0.39 is 12.1 Å². The molecule has 2 N–H and O–H groups in total. The first-order valence-electron chi connectivity index (χ1n) is 9.47. The van der Waals surface area contributed by atoms with Gasteiger partial charge in [-0.25, -0.2) is 9.48 Å². The van der Waals surface area contributed by atoms with E-state index in [-0.39, 0.29) is 0 Å². The van der Waals surface area contributed by atoms with Crippen molar-refractivity contribution in [2.75, 3.05) is 7.05 Å². The van der Waals surface area contributed by atoms with Crippen molar-refractivity contribution in [2.45, 2.75) is 44.9 Å². The summed E-state index contributed by atoms with van der Waals surface area (Å²) in [4.78, 5) is 11.2. The highest BCUT2D eigenvalue weighted by Gasteiger charge is 2.38. The number of aromatic nitrogens is 5. The standard InChI is InChI=1S/C17H22N6.C2HF3O2/c1-22(11-16-13-5-3-4-6-14(13)18-19-16)10-12-7-8-17-15(9-12)20-21-23(17)2;3-2(4,5)1(6)7/h7-9H,3-6,10-11H2,1-2H3,(H,18,19);(H,6,7). The Bertz CT molecular complexity index is 1030. The van der Waals surface area contributed by atoms with Gasteiger partial charge in [0.25, 0.3) is 0 Å². The molecule has 0 unspecified atom stereocenters. The van der Waals surface area contributed by atoms with Crippen LogP contribution in [0.25, 0.3) is 11.0 Å². The summed E-state index contributed by atoms with van der Waals surface area (Å²) >= 11 is 0.